The Morgan fingerprint density at radius 3 is 1.75 bits per heavy atom. The SMILES string of the molecule is O=C(O)C12CC3CC(c4ccccc4)(C1)CC(C(=O)O)(C3)C2c1ccccc1. The topological polar surface area (TPSA) is 74.6 Å². The Kier molecular flexibility index (Phi) is 3.55. The summed E-state index contributed by atoms with van der Waals surface area (Å²) in [5, 5.41) is 21.0. The Bertz CT molecular complexity index is 904. The zero-order valence-electron chi connectivity index (χ0n) is 15.7. The molecule has 2 N–H and O–H groups in total. The lowest BCUT2D eigenvalue weighted by Crippen LogP contribution is -2.67. The van der Waals surface area contributed by atoms with Gasteiger partial charge in [0.2, 0.25) is 0 Å². The van der Waals surface area contributed by atoms with Gasteiger partial charge in [0.1, 0.15) is 0 Å². The lowest BCUT2D eigenvalue weighted by atomic mass is 9.34. The zero-order chi connectivity index (χ0) is 19.6. The molecule has 2 unspecified atom stereocenters. The first-order valence-electron chi connectivity index (χ1n) is 9.99. The van der Waals surface area contributed by atoms with Crippen LogP contribution >= 0.6 is 0 Å². The third kappa shape index (κ3) is 2.12. The summed E-state index contributed by atoms with van der Waals surface area (Å²) >= 11 is 0. The van der Waals surface area contributed by atoms with Crippen molar-refractivity contribution in [2.75, 3.05) is 0 Å². The van der Waals surface area contributed by atoms with Crippen molar-refractivity contribution in [2.45, 2.75) is 43.4 Å². The van der Waals surface area contributed by atoms with Crippen molar-refractivity contribution < 1.29 is 19.8 Å². The molecule has 2 aromatic rings. The number of carbonyl (C=O) groups is 2. The standard InChI is InChI=1S/C24H24O4/c25-20(26)23-12-16-11-22(14-23,18-9-5-2-6-10-18)15-24(13-16,21(27)28)19(23)17-7-3-1-4-8-17/h1-10,16,19H,11-15H2,(H,25,26)(H,27,28). The van der Waals surface area contributed by atoms with Crippen LogP contribution in [0.5, 0.6) is 0 Å². The van der Waals surface area contributed by atoms with Crippen LogP contribution in [-0.2, 0) is 15.0 Å². The molecule has 0 amide bonds. The second kappa shape index (κ2) is 5.69. The summed E-state index contributed by atoms with van der Waals surface area (Å²) in [6, 6.07) is 19.5. The monoisotopic (exact) mass is 376 g/mol. The second-order valence-corrected chi connectivity index (χ2v) is 9.24. The molecular formula is C24H24O4. The molecule has 0 radical (unpaired) electrons. The summed E-state index contributed by atoms with van der Waals surface area (Å²) in [6.45, 7) is 0. The number of hydrogen-bond donors (Lipinski definition) is 2. The third-order valence-corrected chi connectivity index (χ3v) is 7.77. The average Bonchev–Trinajstić information content (AvgIpc) is 2.68. The highest BCUT2D eigenvalue weighted by Crippen LogP contribution is 2.75. The molecule has 28 heavy (non-hydrogen) atoms. The molecule has 6 rings (SSSR count). The van der Waals surface area contributed by atoms with Crippen LogP contribution in [0, 0.1) is 16.7 Å². The van der Waals surface area contributed by atoms with Crippen LogP contribution in [0.2, 0.25) is 0 Å². The fourth-order valence-corrected chi connectivity index (χ4v) is 7.30. The van der Waals surface area contributed by atoms with E-state index in [1.807, 2.05) is 48.5 Å². The third-order valence-electron chi connectivity index (χ3n) is 7.77. The molecule has 4 nitrogen and oxygen atoms in total. The van der Waals surface area contributed by atoms with Gasteiger partial charge in [-0.05, 0) is 54.6 Å². The summed E-state index contributed by atoms with van der Waals surface area (Å²) in [5.41, 5.74) is -0.481. The number of benzene rings is 2. The van der Waals surface area contributed by atoms with Crippen LogP contribution in [0.4, 0.5) is 0 Å². The average molecular weight is 376 g/mol. The fourth-order valence-electron chi connectivity index (χ4n) is 7.30. The van der Waals surface area contributed by atoms with Crippen molar-refractivity contribution in [1.29, 1.82) is 0 Å². The number of carboxylic acids is 2. The summed E-state index contributed by atoms with van der Waals surface area (Å²) in [4.78, 5) is 25.6. The molecule has 0 heterocycles. The highest BCUT2D eigenvalue weighted by molar-refractivity contribution is 5.84. The number of hydrogen-bond acceptors (Lipinski definition) is 2. The van der Waals surface area contributed by atoms with Gasteiger partial charge in [-0.2, -0.15) is 0 Å². The van der Waals surface area contributed by atoms with Crippen molar-refractivity contribution in [3.05, 3.63) is 71.8 Å². The van der Waals surface area contributed by atoms with Crippen LogP contribution in [0.1, 0.15) is 49.1 Å². The molecule has 4 aliphatic carbocycles. The fraction of sp³-hybridized carbons (Fsp3) is 0.417. The van der Waals surface area contributed by atoms with E-state index >= 15 is 0 Å². The summed E-state index contributed by atoms with van der Waals surface area (Å²) in [6.07, 6.45) is 3.08. The molecule has 4 fully saturated rings. The predicted octanol–water partition coefficient (Wildman–Crippen LogP) is 4.46. The van der Waals surface area contributed by atoms with Gasteiger partial charge in [-0.25, -0.2) is 0 Å². The zero-order valence-corrected chi connectivity index (χ0v) is 15.7. The van der Waals surface area contributed by atoms with Gasteiger partial charge in [0.25, 0.3) is 0 Å². The molecule has 0 spiro atoms. The quantitative estimate of drug-likeness (QED) is 0.826. The second-order valence-electron chi connectivity index (χ2n) is 9.24. The van der Waals surface area contributed by atoms with Crippen LogP contribution in [0.15, 0.2) is 60.7 Å². The summed E-state index contributed by atoms with van der Waals surface area (Å²) in [5.74, 6) is -2.03. The molecule has 144 valence electrons. The van der Waals surface area contributed by atoms with E-state index in [2.05, 4.69) is 12.1 Å². The van der Waals surface area contributed by atoms with Gasteiger partial charge in [0.15, 0.2) is 0 Å². The Morgan fingerprint density at radius 2 is 1.25 bits per heavy atom. The molecule has 0 saturated heterocycles. The Morgan fingerprint density at radius 1 is 0.750 bits per heavy atom. The first-order chi connectivity index (χ1) is 13.4. The van der Waals surface area contributed by atoms with Gasteiger partial charge >= 0.3 is 11.9 Å². The first kappa shape index (κ1) is 17.5. The lowest BCUT2D eigenvalue weighted by molar-refractivity contribution is -0.199. The van der Waals surface area contributed by atoms with Crippen molar-refractivity contribution in [1.82, 2.24) is 0 Å². The van der Waals surface area contributed by atoms with E-state index in [-0.39, 0.29) is 11.3 Å². The molecule has 0 aromatic heterocycles. The van der Waals surface area contributed by atoms with Crippen LogP contribution in [0.25, 0.3) is 0 Å². The van der Waals surface area contributed by atoms with Crippen LogP contribution < -0.4 is 0 Å². The van der Waals surface area contributed by atoms with Crippen molar-refractivity contribution in [3.8, 4) is 0 Å². The number of rotatable bonds is 4. The van der Waals surface area contributed by atoms with E-state index in [4.69, 9.17) is 0 Å². The van der Waals surface area contributed by atoms with E-state index in [1.54, 1.807) is 0 Å². The molecule has 4 aliphatic rings. The van der Waals surface area contributed by atoms with E-state index in [0.29, 0.717) is 25.7 Å². The smallest absolute Gasteiger partial charge is 0.310 e. The van der Waals surface area contributed by atoms with Gasteiger partial charge in [0.05, 0.1) is 10.8 Å². The molecule has 4 bridgehead atoms. The Labute approximate surface area is 164 Å². The maximum atomic E-state index is 12.8. The molecule has 0 aliphatic heterocycles. The summed E-state index contributed by atoms with van der Waals surface area (Å²) in [7, 11) is 0. The van der Waals surface area contributed by atoms with Gasteiger partial charge in [-0.1, -0.05) is 60.7 Å². The number of carboxylic acid groups (broad SMARTS) is 2. The van der Waals surface area contributed by atoms with Gasteiger partial charge in [-0.3, -0.25) is 9.59 Å². The molecule has 4 saturated carbocycles. The van der Waals surface area contributed by atoms with E-state index < -0.39 is 28.7 Å². The highest BCUT2D eigenvalue weighted by atomic mass is 16.4. The maximum absolute atomic E-state index is 12.8. The van der Waals surface area contributed by atoms with Gasteiger partial charge in [0, 0.05) is 5.92 Å². The largest absolute Gasteiger partial charge is 0.481 e. The molecule has 2 atom stereocenters. The number of aliphatic carboxylic acids is 2. The van der Waals surface area contributed by atoms with Crippen molar-refractivity contribution in [2.24, 2.45) is 16.7 Å². The molecule has 2 aromatic carbocycles. The lowest BCUT2D eigenvalue weighted by Gasteiger charge is -2.67. The maximum Gasteiger partial charge on any atom is 0.310 e. The Hall–Kier alpha value is -2.62. The first-order valence-corrected chi connectivity index (χ1v) is 9.99. The van der Waals surface area contributed by atoms with Crippen LogP contribution in [0.3, 0.4) is 0 Å². The van der Waals surface area contributed by atoms with Gasteiger partial charge < -0.3 is 10.2 Å². The summed E-state index contributed by atoms with van der Waals surface area (Å²) < 4.78 is 0. The van der Waals surface area contributed by atoms with Crippen LogP contribution in [-0.4, -0.2) is 22.2 Å². The molecule has 4 heteroatoms. The molecular weight excluding hydrogens is 352 g/mol. The van der Waals surface area contributed by atoms with E-state index in [9.17, 15) is 19.8 Å². The minimum atomic E-state index is -1.03. The van der Waals surface area contributed by atoms with Crippen molar-refractivity contribution >= 4 is 11.9 Å². The predicted molar refractivity (Wildman–Crippen MR) is 104 cm³/mol. The Balaban J connectivity index is 1.76. The van der Waals surface area contributed by atoms with Crippen molar-refractivity contribution in [3.63, 3.8) is 0 Å². The normalized spacial score (nSPS) is 38.3. The minimum Gasteiger partial charge on any atom is -0.481 e. The van der Waals surface area contributed by atoms with E-state index in [0.717, 1.165) is 17.5 Å². The van der Waals surface area contributed by atoms with E-state index in [1.165, 1.54) is 0 Å². The minimum absolute atomic E-state index is 0.134. The van der Waals surface area contributed by atoms with Gasteiger partial charge in [-0.15, -0.1) is 0 Å². The highest BCUT2D eigenvalue weighted by Gasteiger charge is 2.73.